The Kier molecular flexibility index (Phi) is 9.62. The Balaban J connectivity index is 0.899. The molecule has 4 heterocycles. The van der Waals surface area contributed by atoms with E-state index < -0.39 is 0 Å². The van der Waals surface area contributed by atoms with Gasteiger partial charge in [-0.1, -0.05) is 109 Å². The van der Waals surface area contributed by atoms with Crippen molar-refractivity contribution in [1.29, 1.82) is 0 Å². The minimum absolute atomic E-state index is 1.10. The quantitative estimate of drug-likeness (QED) is 0.148. The summed E-state index contributed by atoms with van der Waals surface area (Å²) < 4.78 is 7.46. The summed E-state index contributed by atoms with van der Waals surface area (Å²) in [6, 6.07) is 92.2. The van der Waals surface area contributed by atoms with Crippen LogP contribution >= 0.6 is 22.7 Å². The fraction of sp³-hybridized carbons (Fsp3) is 0. The first-order valence-corrected chi connectivity index (χ1v) is 26.5. The average Bonchev–Trinajstić information content (AvgIpc) is 4.27. The second kappa shape index (κ2) is 16.8. The third kappa shape index (κ3) is 7.00. The van der Waals surface area contributed by atoms with Gasteiger partial charge >= 0.3 is 0 Å². The number of hydrogen-bond acceptors (Lipinski definition) is 3. The smallest absolute Gasteiger partial charge is 0.0541 e. The highest BCUT2D eigenvalue weighted by atomic mass is 32.1. The van der Waals surface area contributed by atoms with E-state index in [1.165, 1.54) is 108 Å². The molecule has 15 aromatic rings. The maximum absolute atomic E-state index is 2.43. The van der Waals surface area contributed by atoms with Crippen molar-refractivity contribution in [2.24, 2.45) is 0 Å². The van der Waals surface area contributed by atoms with Crippen LogP contribution in [0.25, 0.3) is 119 Å². The van der Waals surface area contributed by atoms with Crippen LogP contribution in [0.5, 0.6) is 0 Å². The number of rotatable bonds is 8. The summed E-state index contributed by atoms with van der Waals surface area (Å²) in [6.07, 6.45) is 0. The largest absolute Gasteiger partial charge is 0.310 e. The van der Waals surface area contributed by atoms with Crippen LogP contribution in [-0.2, 0) is 0 Å². The molecule has 0 radical (unpaired) electrons. The summed E-state index contributed by atoms with van der Waals surface area (Å²) in [5.74, 6) is 0. The number of hydrogen-bond donors (Lipinski definition) is 0. The van der Waals surface area contributed by atoms with E-state index >= 15 is 0 Å². The lowest BCUT2D eigenvalue weighted by molar-refractivity contribution is 1.19. The Bertz CT molecular complexity index is 4420. The zero-order valence-electron chi connectivity index (χ0n) is 39.5. The standard InChI is InChI=1S/C68H43N3S2/c1-2-12-54(13-3-1)69(56-25-20-44-10-4-5-11-46(44)39-56)55-23-18-45(19-24-55)51-36-52(47-21-28-65-61(42-47)59-14-6-8-16-63(59)70(65)57-26-30-67-49(40-57)32-34-72-67)38-53(37-51)48-22-29-66-62(43-48)60-15-7-9-17-64(60)71(66)58-27-31-68-50(41-58)33-35-73-68/h1-43H. The van der Waals surface area contributed by atoms with Crippen molar-refractivity contribution in [3.63, 3.8) is 0 Å². The van der Waals surface area contributed by atoms with Crippen molar-refractivity contribution in [2.75, 3.05) is 4.90 Å². The lowest BCUT2D eigenvalue weighted by Gasteiger charge is -2.26. The number of thiophene rings is 2. The van der Waals surface area contributed by atoms with Gasteiger partial charge in [-0.05, 0) is 205 Å². The minimum Gasteiger partial charge on any atom is -0.310 e. The summed E-state index contributed by atoms with van der Waals surface area (Å²) in [5.41, 5.74) is 17.5. The van der Waals surface area contributed by atoms with E-state index in [0.717, 1.165) is 28.2 Å². The maximum atomic E-state index is 2.43. The Morgan fingerprint density at radius 1 is 0.260 bits per heavy atom. The third-order valence-electron chi connectivity index (χ3n) is 14.8. The summed E-state index contributed by atoms with van der Waals surface area (Å²) in [5, 5.41) is 14.3. The van der Waals surface area contributed by atoms with Crippen molar-refractivity contribution in [2.45, 2.75) is 0 Å². The molecule has 0 saturated carbocycles. The molecule has 0 aliphatic rings. The minimum atomic E-state index is 1.10. The molecule has 0 aliphatic carbocycles. The molecule has 0 aliphatic heterocycles. The fourth-order valence-electron chi connectivity index (χ4n) is 11.3. The molecule has 73 heavy (non-hydrogen) atoms. The van der Waals surface area contributed by atoms with Gasteiger partial charge in [-0.25, -0.2) is 0 Å². The maximum Gasteiger partial charge on any atom is 0.0541 e. The lowest BCUT2D eigenvalue weighted by atomic mass is 9.92. The molecular weight excluding hydrogens is 923 g/mol. The van der Waals surface area contributed by atoms with Gasteiger partial charge in [0.1, 0.15) is 0 Å². The van der Waals surface area contributed by atoms with Crippen LogP contribution in [-0.4, -0.2) is 9.13 Å². The number of aromatic nitrogens is 2. The molecule has 0 atom stereocenters. The van der Waals surface area contributed by atoms with E-state index in [2.05, 4.69) is 274 Å². The second-order valence-corrected chi connectivity index (χ2v) is 20.9. The van der Waals surface area contributed by atoms with Crippen LogP contribution in [0.1, 0.15) is 0 Å². The van der Waals surface area contributed by atoms with Crippen molar-refractivity contribution >= 4 is 114 Å². The lowest BCUT2D eigenvalue weighted by Crippen LogP contribution is -2.09. The molecular formula is C68H43N3S2. The molecule has 15 rings (SSSR count). The Morgan fingerprint density at radius 2 is 0.726 bits per heavy atom. The first-order chi connectivity index (χ1) is 36.1. The van der Waals surface area contributed by atoms with Crippen molar-refractivity contribution in [1.82, 2.24) is 9.13 Å². The van der Waals surface area contributed by atoms with Gasteiger partial charge in [0.15, 0.2) is 0 Å². The molecule has 0 N–H and O–H groups in total. The normalized spacial score (nSPS) is 11.8. The van der Waals surface area contributed by atoms with Gasteiger partial charge in [-0.15, -0.1) is 22.7 Å². The number of anilines is 3. The van der Waals surface area contributed by atoms with E-state index in [-0.39, 0.29) is 0 Å². The SMILES string of the molecule is c1ccc(N(c2ccc(-c3cc(-c4ccc5c(c4)c4ccccc4n5-c4ccc5sccc5c4)cc(-c4ccc5c(c4)c4ccccc4n5-c4ccc5sccc5c4)c3)cc2)c2ccc3ccccc3c2)cc1. The second-order valence-electron chi connectivity index (χ2n) is 19.0. The van der Waals surface area contributed by atoms with Crippen LogP contribution in [0.4, 0.5) is 17.1 Å². The van der Waals surface area contributed by atoms with Crippen LogP contribution in [0, 0.1) is 0 Å². The zero-order chi connectivity index (χ0) is 48.0. The number of nitrogens with zero attached hydrogens (tertiary/aromatic N) is 3. The Labute approximate surface area is 429 Å². The van der Waals surface area contributed by atoms with Crippen molar-refractivity contribution in [3.8, 4) is 44.8 Å². The molecule has 0 bridgehead atoms. The number of fused-ring (bicyclic) bond motifs is 9. The van der Waals surface area contributed by atoms with Crippen LogP contribution < -0.4 is 4.90 Å². The van der Waals surface area contributed by atoms with Gasteiger partial charge < -0.3 is 14.0 Å². The molecule has 4 aromatic heterocycles. The van der Waals surface area contributed by atoms with Crippen molar-refractivity contribution < 1.29 is 0 Å². The summed E-state index contributed by atoms with van der Waals surface area (Å²) in [4.78, 5) is 2.35. The predicted octanol–water partition coefficient (Wildman–Crippen LogP) is 19.9. The monoisotopic (exact) mass is 965 g/mol. The van der Waals surface area contributed by atoms with Crippen LogP contribution in [0.2, 0.25) is 0 Å². The van der Waals surface area contributed by atoms with Gasteiger partial charge in [0.05, 0.1) is 22.1 Å². The molecule has 342 valence electrons. The van der Waals surface area contributed by atoms with Crippen LogP contribution in [0.15, 0.2) is 259 Å². The van der Waals surface area contributed by atoms with Gasteiger partial charge in [0.2, 0.25) is 0 Å². The fourth-order valence-corrected chi connectivity index (χ4v) is 12.9. The van der Waals surface area contributed by atoms with E-state index in [1.807, 2.05) is 0 Å². The molecule has 0 amide bonds. The molecule has 0 unspecified atom stereocenters. The molecule has 0 saturated heterocycles. The van der Waals surface area contributed by atoms with Crippen molar-refractivity contribution in [3.05, 3.63) is 259 Å². The van der Waals surface area contributed by atoms with Gasteiger partial charge in [0.25, 0.3) is 0 Å². The summed E-state index contributed by atoms with van der Waals surface area (Å²) in [6.45, 7) is 0. The Morgan fingerprint density at radius 3 is 1.32 bits per heavy atom. The number of benzene rings is 11. The molecule has 5 heteroatoms. The zero-order valence-corrected chi connectivity index (χ0v) is 41.1. The summed E-state index contributed by atoms with van der Waals surface area (Å²) >= 11 is 3.58. The van der Waals surface area contributed by atoms with E-state index in [1.54, 1.807) is 22.7 Å². The van der Waals surface area contributed by atoms with Gasteiger partial charge in [-0.3, -0.25) is 0 Å². The highest BCUT2D eigenvalue weighted by Gasteiger charge is 2.19. The molecule has 11 aromatic carbocycles. The van der Waals surface area contributed by atoms with E-state index in [4.69, 9.17) is 0 Å². The number of para-hydroxylation sites is 3. The van der Waals surface area contributed by atoms with Crippen LogP contribution in [0.3, 0.4) is 0 Å². The Hall–Kier alpha value is -9.00. The third-order valence-corrected chi connectivity index (χ3v) is 16.6. The predicted molar refractivity (Wildman–Crippen MR) is 314 cm³/mol. The van der Waals surface area contributed by atoms with Gasteiger partial charge in [0, 0.05) is 59.4 Å². The summed E-state index contributed by atoms with van der Waals surface area (Å²) in [7, 11) is 0. The van der Waals surface area contributed by atoms with Gasteiger partial charge in [-0.2, -0.15) is 0 Å². The van der Waals surface area contributed by atoms with E-state index in [9.17, 15) is 0 Å². The molecule has 0 spiro atoms. The van der Waals surface area contributed by atoms with E-state index in [0.29, 0.717) is 0 Å². The molecule has 3 nitrogen and oxygen atoms in total. The average molecular weight is 966 g/mol. The highest BCUT2D eigenvalue weighted by molar-refractivity contribution is 7.17. The highest BCUT2D eigenvalue weighted by Crippen LogP contribution is 2.42. The molecule has 0 fully saturated rings. The topological polar surface area (TPSA) is 13.1 Å². The first kappa shape index (κ1) is 41.8. The first-order valence-electron chi connectivity index (χ1n) is 24.8.